The average Bonchev–Trinajstić information content (AvgIpc) is 2.24. The van der Waals surface area contributed by atoms with E-state index in [4.69, 9.17) is 0 Å². The van der Waals surface area contributed by atoms with Crippen LogP contribution in [-0.4, -0.2) is 13.4 Å². The molecule has 0 saturated carbocycles. The van der Waals surface area contributed by atoms with E-state index in [2.05, 4.69) is 59.6 Å². The fraction of sp³-hybridized carbons (Fsp3) is 0.167. The van der Waals surface area contributed by atoms with Crippen LogP contribution in [-0.2, 0) is 0 Å². The van der Waals surface area contributed by atoms with Gasteiger partial charge in [0.25, 0.3) is 0 Å². The van der Waals surface area contributed by atoms with Crippen LogP contribution in [0.2, 0.25) is 0 Å². The monoisotopic (exact) mass is 406 g/mol. The van der Waals surface area contributed by atoms with Crippen molar-refractivity contribution in [2.45, 2.75) is 8.25 Å². The summed E-state index contributed by atoms with van der Waals surface area (Å²) in [4.78, 5) is 0. The summed E-state index contributed by atoms with van der Waals surface area (Å²) in [6, 6.07) is 9.85. The number of halogens is 3. The molecule has 0 aliphatic rings. The molecule has 1 nitrogen and oxygen atoms in total. The highest BCUT2D eigenvalue weighted by Crippen LogP contribution is 2.36. The first kappa shape index (κ1) is 14.0. The van der Waals surface area contributed by atoms with E-state index in [-0.39, 0.29) is 0 Å². The first-order valence-corrected chi connectivity index (χ1v) is 6.85. The standard InChI is InChI=1S/C12H9Br3O/c13-12(14,15)11(16)9-5-4-8-10-6-2-1-3-7-10/h1-4,6-8,11,16H/t11-/m1/s1. The Bertz CT molecular complexity index is 409. The lowest BCUT2D eigenvalue weighted by atomic mass is 10.2. The number of aliphatic hydroxyl groups is 1. The maximum Gasteiger partial charge on any atom is 0.171 e. The molecule has 16 heavy (non-hydrogen) atoms. The van der Waals surface area contributed by atoms with Gasteiger partial charge in [-0.3, -0.25) is 0 Å². The zero-order chi connectivity index (χ0) is 12.0. The third kappa shape index (κ3) is 5.31. The van der Waals surface area contributed by atoms with Gasteiger partial charge in [0.15, 0.2) is 2.14 Å². The summed E-state index contributed by atoms with van der Waals surface area (Å²) in [5.74, 6) is 5.44. The molecule has 4 heteroatoms. The van der Waals surface area contributed by atoms with E-state index in [1.165, 1.54) is 0 Å². The van der Waals surface area contributed by atoms with Gasteiger partial charge in [-0.1, -0.05) is 90.0 Å². The van der Waals surface area contributed by atoms with E-state index in [1.807, 2.05) is 36.4 Å². The Labute approximate surface area is 120 Å². The summed E-state index contributed by atoms with van der Waals surface area (Å²) in [5, 5.41) is 9.53. The fourth-order valence-electron chi connectivity index (χ4n) is 0.911. The Morgan fingerprint density at radius 1 is 1.19 bits per heavy atom. The summed E-state index contributed by atoms with van der Waals surface area (Å²) in [6.45, 7) is 0. The molecule has 0 spiro atoms. The number of benzene rings is 1. The summed E-state index contributed by atoms with van der Waals surface area (Å²) in [5.41, 5.74) is 1.08. The molecule has 1 atom stereocenters. The molecule has 0 bridgehead atoms. The number of hydrogen-bond acceptors (Lipinski definition) is 1. The van der Waals surface area contributed by atoms with Crippen molar-refractivity contribution in [2.24, 2.45) is 0 Å². The van der Waals surface area contributed by atoms with Crippen molar-refractivity contribution in [3.8, 4) is 11.8 Å². The Morgan fingerprint density at radius 3 is 2.38 bits per heavy atom. The second kappa shape index (κ2) is 6.61. The molecule has 0 radical (unpaired) electrons. The van der Waals surface area contributed by atoms with Gasteiger partial charge in [-0.15, -0.1) is 0 Å². The minimum absolute atomic E-state index is 0.749. The van der Waals surface area contributed by atoms with Crippen molar-refractivity contribution in [3.63, 3.8) is 0 Å². The zero-order valence-corrected chi connectivity index (χ0v) is 13.0. The van der Waals surface area contributed by atoms with Crippen molar-refractivity contribution in [2.75, 3.05) is 0 Å². The van der Waals surface area contributed by atoms with Crippen LogP contribution in [0.1, 0.15) is 5.56 Å². The van der Waals surface area contributed by atoms with E-state index >= 15 is 0 Å². The van der Waals surface area contributed by atoms with Crippen LogP contribution >= 0.6 is 47.8 Å². The van der Waals surface area contributed by atoms with E-state index in [9.17, 15) is 5.11 Å². The van der Waals surface area contributed by atoms with Gasteiger partial charge in [0.1, 0.15) is 6.10 Å². The zero-order valence-electron chi connectivity index (χ0n) is 8.20. The van der Waals surface area contributed by atoms with Gasteiger partial charge in [-0.2, -0.15) is 0 Å². The van der Waals surface area contributed by atoms with Crippen molar-refractivity contribution in [1.82, 2.24) is 0 Å². The van der Waals surface area contributed by atoms with Gasteiger partial charge in [0.05, 0.1) is 0 Å². The molecule has 1 rings (SSSR count). The molecule has 0 unspecified atom stereocenters. The second-order valence-corrected chi connectivity index (χ2v) is 9.92. The fourth-order valence-corrected chi connectivity index (χ4v) is 1.25. The van der Waals surface area contributed by atoms with Crippen molar-refractivity contribution in [3.05, 3.63) is 42.0 Å². The van der Waals surface area contributed by atoms with Gasteiger partial charge >= 0.3 is 0 Å². The molecule has 0 aromatic heterocycles. The molecule has 0 heterocycles. The van der Waals surface area contributed by atoms with Gasteiger partial charge in [0.2, 0.25) is 0 Å². The summed E-state index contributed by atoms with van der Waals surface area (Å²) in [6.07, 6.45) is 2.75. The highest BCUT2D eigenvalue weighted by molar-refractivity contribution is 9.39. The summed E-state index contributed by atoms with van der Waals surface area (Å²) >= 11 is 9.59. The van der Waals surface area contributed by atoms with Crippen LogP contribution in [0.3, 0.4) is 0 Å². The third-order valence-electron chi connectivity index (χ3n) is 1.69. The Balaban J connectivity index is 2.59. The molecule has 0 aliphatic heterocycles. The smallest absolute Gasteiger partial charge is 0.171 e. The van der Waals surface area contributed by atoms with Gasteiger partial charge in [0, 0.05) is 0 Å². The minimum atomic E-state index is -0.840. The first-order chi connectivity index (χ1) is 7.50. The Kier molecular flexibility index (Phi) is 5.77. The predicted molar refractivity (Wildman–Crippen MR) is 78.8 cm³/mol. The largest absolute Gasteiger partial charge is 0.377 e. The van der Waals surface area contributed by atoms with Crippen molar-refractivity contribution < 1.29 is 5.11 Å². The summed E-state index contributed by atoms with van der Waals surface area (Å²) in [7, 11) is 0. The van der Waals surface area contributed by atoms with Gasteiger partial charge in [-0.05, 0) is 17.7 Å². The number of allylic oxidation sites excluding steroid dienone is 1. The number of rotatable bonds is 1. The first-order valence-electron chi connectivity index (χ1n) is 4.47. The molecular weight excluding hydrogens is 400 g/mol. The normalized spacial score (nSPS) is 13.2. The molecule has 1 N–H and O–H groups in total. The number of hydrogen-bond donors (Lipinski definition) is 1. The maximum absolute atomic E-state index is 9.53. The lowest BCUT2D eigenvalue weighted by Gasteiger charge is -2.13. The molecule has 0 amide bonds. The second-order valence-electron chi connectivity index (χ2n) is 2.98. The van der Waals surface area contributed by atoms with Gasteiger partial charge in [-0.25, -0.2) is 0 Å². The van der Waals surface area contributed by atoms with Crippen molar-refractivity contribution >= 4 is 53.9 Å². The van der Waals surface area contributed by atoms with E-state index in [1.54, 1.807) is 6.08 Å². The van der Waals surface area contributed by atoms with Crippen LogP contribution in [0, 0.1) is 11.8 Å². The van der Waals surface area contributed by atoms with Crippen LogP contribution in [0.15, 0.2) is 36.4 Å². The topological polar surface area (TPSA) is 20.2 Å². The quantitative estimate of drug-likeness (QED) is 0.552. The van der Waals surface area contributed by atoms with Crippen LogP contribution in [0.4, 0.5) is 0 Å². The molecule has 0 aliphatic carbocycles. The third-order valence-corrected chi connectivity index (χ3v) is 2.99. The molecule has 1 aromatic rings. The average molecular weight is 409 g/mol. The van der Waals surface area contributed by atoms with Crippen LogP contribution in [0.25, 0.3) is 6.08 Å². The molecule has 0 saturated heterocycles. The van der Waals surface area contributed by atoms with Crippen LogP contribution < -0.4 is 0 Å². The van der Waals surface area contributed by atoms with Gasteiger partial charge < -0.3 is 5.11 Å². The highest BCUT2D eigenvalue weighted by atomic mass is 80.0. The number of aliphatic hydroxyl groups excluding tert-OH is 1. The Morgan fingerprint density at radius 2 is 1.81 bits per heavy atom. The minimum Gasteiger partial charge on any atom is -0.377 e. The van der Waals surface area contributed by atoms with E-state index in [0.717, 1.165) is 5.56 Å². The summed E-state index contributed by atoms with van der Waals surface area (Å²) < 4.78 is -0.749. The van der Waals surface area contributed by atoms with E-state index in [0.29, 0.717) is 0 Å². The van der Waals surface area contributed by atoms with Crippen LogP contribution in [0.5, 0.6) is 0 Å². The predicted octanol–water partition coefficient (Wildman–Crippen LogP) is 3.90. The number of alkyl halides is 3. The molecule has 1 aromatic carbocycles. The lowest BCUT2D eigenvalue weighted by Crippen LogP contribution is -2.20. The molecular formula is C12H9Br3O. The molecule has 0 fully saturated rings. The van der Waals surface area contributed by atoms with E-state index < -0.39 is 8.25 Å². The lowest BCUT2D eigenvalue weighted by molar-refractivity contribution is 0.248. The Hall–Kier alpha value is -0.0800. The van der Waals surface area contributed by atoms with Crippen molar-refractivity contribution in [1.29, 1.82) is 0 Å². The SMILES string of the molecule is O[C@H](C#CC=Cc1ccccc1)C(Br)(Br)Br. The maximum atomic E-state index is 9.53. The highest BCUT2D eigenvalue weighted by Gasteiger charge is 2.26. The molecule has 84 valence electrons.